The molecule has 1 aliphatic heterocycles. The minimum absolute atomic E-state index is 0.0275. The number of amides is 3. The monoisotopic (exact) mass is 346 g/mol. The van der Waals surface area contributed by atoms with Crippen molar-refractivity contribution in [3.05, 3.63) is 29.8 Å². The summed E-state index contributed by atoms with van der Waals surface area (Å²) in [6.45, 7) is 5.63. The van der Waals surface area contributed by atoms with Crippen molar-refractivity contribution in [3.63, 3.8) is 0 Å². The van der Waals surface area contributed by atoms with E-state index in [1.54, 1.807) is 19.1 Å². The molecule has 134 valence electrons. The van der Waals surface area contributed by atoms with E-state index in [1.807, 2.05) is 19.1 Å². The van der Waals surface area contributed by atoms with Crippen LogP contribution in [0, 0.1) is 5.92 Å². The van der Waals surface area contributed by atoms with Crippen molar-refractivity contribution in [2.75, 3.05) is 11.9 Å². The van der Waals surface area contributed by atoms with Crippen LogP contribution < -0.4 is 16.1 Å². The zero-order chi connectivity index (χ0) is 18.4. The van der Waals surface area contributed by atoms with E-state index in [9.17, 15) is 14.4 Å². The van der Waals surface area contributed by atoms with Gasteiger partial charge in [-0.1, -0.05) is 19.1 Å². The third-order valence-corrected chi connectivity index (χ3v) is 3.68. The summed E-state index contributed by atoms with van der Waals surface area (Å²) in [7, 11) is 0. The predicted molar refractivity (Wildman–Crippen MR) is 93.2 cm³/mol. The topological polar surface area (TPSA) is 109 Å². The molecule has 0 spiro atoms. The van der Waals surface area contributed by atoms with Crippen LogP contribution in [-0.4, -0.2) is 36.3 Å². The molecular weight excluding hydrogens is 324 g/mol. The zero-order valence-electron chi connectivity index (χ0n) is 14.5. The minimum Gasteiger partial charge on any atom is -0.436 e. The molecule has 8 heteroatoms. The number of benzene rings is 1. The molecule has 1 aromatic carbocycles. The van der Waals surface area contributed by atoms with Gasteiger partial charge in [-0.2, -0.15) is 5.10 Å². The highest BCUT2D eigenvalue weighted by Gasteiger charge is 2.22. The Labute approximate surface area is 146 Å². The Bertz CT molecular complexity index is 684. The number of nitrogens with one attached hydrogen (secondary N) is 3. The first-order valence-corrected chi connectivity index (χ1v) is 8.13. The molecule has 0 bridgehead atoms. The van der Waals surface area contributed by atoms with Gasteiger partial charge in [0.05, 0.1) is 5.71 Å². The number of carbonyl (C=O) groups excluding carboxylic acids is 3. The third kappa shape index (κ3) is 5.03. The fourth-order valence-corrected chi connectivity index (χ4v) is 2.37. The van der Waals surface area contributed by atoms with E-state index in [2.05, 4.69) is 21.2 Å². The first kappa shape index (κ1) is 18.4. The molecule has 0 radical (unpaired) electrons. The molecule has 8 nitrogen and oxygen atoms in total. The summed E-state index contributed by atoms with van der Waals surface area (Å²) in [6, 6.07) is 7.10. The molecule has 0 aliphatic carbocycles. The molecule has 2 unspecified atom stereocenters. The van der Waals surface area contributed by atoms with E-state index in [0.29, 0.717) is 18.7 Å². The molecule has 25 heavy (non-hydrogen) atoms. The summed E-state index contributed by atoms with van der Waals surface area (Å²) in [5, 5.41) is 9.24. The maximum atomic E-state index is 12.0. The average molecular weight is 346 g/mol. The molecule has 1 heterocycles. The number of hydrazone groups is 1. The van der Waals surface area contributed by atoms with Gasteiger partial charge in [-0.3, -0.25) is 9.59 Å². The lowest BCUT2D eigenvalue weighted by atomic mass is 9.94. The molecular formula is C17H22N4O4. The number of hydrogen-bond acceptors (Lipinski definition) is 5. The Kier molecular flexibility index (Phi) is 6.10. The van der Waals surface area contributed by atoms with Gasteiger partial charge in [0.1, 0.15) is 0 Å². The van der Waals surface area contributed by atoms with Crippen LogP contribution in [0.5, 0.6) is 0 Å². The van der Waals surface area contributed by atoms with Crippen LogP contribution in [0.15, 0.2) is 29.4 Å². The second kappa shape index (κ2) is 8.27. The third-order valence-electron chi connectivity index (χ3n) is 3.68. The van der Waals surface area contributed by atoms with Gasteiger partial charge in [0.2, 0.25) is 5.91 Å². The first-order valence-electron chi connectivity index (χ1n) is 8.13. The molecule has 0 aromatic heterocycles. The molecule has 2 atom stereocenters. The summed E-state index contributed by atoms with van der Waals surface area (Å²) in [5.41, 5.74) is 4.72. The number of carbonyl (C=O) groups is 3. The SMILES string of the molecule is CCNC(=O)OC(C)C(=O)Nc1ccc(C2=NNC(=O)CC2C)cc1. The van der Waals surface area contributed by atoms with Crippen molar-refractivity contribution in [2.45, 2.75) is 33.3 Å². The Balaban J connectivity index is 1.97. The van der Waals surface area contributed by atoms with Crippen LogP contribution in [0.25, 0.3) is 0 Å². The smallest absolute Gasteiger partial charge is 0.407 e. The Morgan fingerprint density at radius 2 is 2.04 bits per heavy atom. The lowest BCUT2D eigenvalue weighted by Gasteiger charge is -2.19. The second-order valence-corrected chi connectivity index (χ2v) is 5.78. The van der Waals surface area contributed by atoms with Crippen LogP contribution in [0.3, 0.4) is 0 Å². The number of rotatable bonds is 5. The van der Waals surface area contributed by atoms with Crippen molar-refractivity contribution in [2.24, 2.45) is 11.0 Å². The average Bonchev–Trinajstić information content (AvgIpc) is 2.56. The number of nitrogens with zero attached hydrogens (tertiary/aromatic N) is 1. The highest BCUT2D eigenvalue weighted by atomic mass is 16.6. The normalized spacial score (nSPS) is 17.8. The first-order chi connectivity index (χ1) is 11.9. The number of alkyl carbamates (subject to hydrolysis) is 1. The molecule has 1 aromatic rings. The van der Waals surface area contributed by atoms with Gasteiger partial charge < -0.3 is 15.4 Å². The quantitative estimate of drug-likeness (QED) is 0.752. The number of hydrogen-bond donors (Lipinski definition) is 3. The van der Waals surface area contributed by atoms with E-state index in [4.69, 9.17) is 4.74 Å². The summed E-state index contributed by atoms with van der Waals surface area (Å²) in [5.74, 6) is -0.490. The molecule has 0 fully saturated rings. The van der Waals surface area contributed by atoms with Gasteiger partial charge in [0, 0.05) is 24.6 Å². The van der Waals surface area contributed by atoms with Crippen LogP contribution in [0.2, 0.25) is 0 Å². The maximum Gasteiger partial charge on any atom is 0.407 e. The van der Waals surface area contributed by atoms with E-state index in [-0.39, 0.29) is 11.8 Å². The van der Waals surface area contributed by atoms with Crippen LogP contribution in [-0.2, 0) is 14.3 Å². The maximum absolute atomic E-state index is 12.0. The van der Waals surface area contributed by atoms with Crippen molar-refractivity contribution >= 4 is 29.3 Å². The minimum atomic E-state index is -0.913. The lowest BCUT2D eigenvalue weighted by molar-refractivity contribution is -0.123. The molecule has 0 saturated heterocycles. The van der Waals surface area contributed by atoms with Gasteiger partial charge in [-0.25, -0.2) is 10.2 Å². The molecule has 0 saturated carbocycles. The summed E-state index contributed by atoms with van der Waals surface area (Å²) < 4.78 is 4.95. The van der Waals surface area contributed by atoms with Crippen molar-refractivity contribution in [1.82, 2.24) is 10.7 Å². The largest absolute Gasteiger partial charge is 0.436 e. The van der Waals surface area contributed by atoms with Crippen LogP contribution >= 0.6 is 0 Å². The van der Waals surface area contributed by atoms with E-state index >= 15 is 0 Å². The van der Waals surface area contributed by atoms with Gasteiger partial charge in [-0.15, -0.1) is 0 Å². The fourth-order valence-electron chi connectivity index (χ4n) is 2.37. The van der Waals surface area contributed by atoms with E-state index < -0.39 is 18.1 Å². The van der Waals surface area contributed by atoms with Gasteiger partial charge in [-0.05, 0) is 31.5 Å². The Hall–Kier alpha value is -2.90. The van der Waals surface area contributed by atoms with Crippen molar-refractivity contribution < 1.29 is 19.1 Å². The molecule has 3 N–H and O–H groups in total. The summed E-state index contributed by atoms with van der Waals surface area (Å²) >= 11 is 0. The van der Waals surface area contributed by atoms with Crippen LogP contribution in [0.1, 0.15) is 32.8 Å². The predicted octanol–water partition coefficient (Wildman–Crippen LogP) is 1.62. The van der Waals surface area contributed by atoms with Gasteiger partial charge >= 0.3 is 6.09 Å². The molecule has 3 amide bonds. The lowest BCUT2D eigenvalue weighted by Crippen LogP contribution is -2.34. The van der Waals surface area contributed by atoms with E-state index in [1.165, 1.54) is 6.92 Å². The van der Waals surface area contributed by atoms with Gasteiger partial charge in [0.15, 0.2) is 6.10 Å². The van der Waals surface area contributed by atoms with Crippen molar-refractivity contribution in [3.8, 4) is 0 Å². The summed E-state index contributed by atoms with van der Waals surface area (Å²) in [4.78, 5) is 34.7. The van der Waals surface area contributed by atoms with Crippen LogP contribution in [0.4, 0.5) is 10.5 Å². The molecule has 2 rings (SSSR count). The zero-order valence-corrected chi connectivity index (χ0v) is 14.5. The summed E-state index contributed by atoms with van der Waals surface area (Å²) in [6.07, 6.45) is -1.15. The standard InChI is InChI=1S/C17H22N4O4/c1-4-18-17(24)25-11(3)16(23)19-13-7-5-12(6-8-13)15-10(2)9-14(22)20-21-15/h5-8,10-11H,4,9H2,1-3H3,(H,18,24)(H,19,23)(H,20,22). The van der Waals surface area contributed by atoms with Crippen molar-refractivity contribution in [1.29, 1.82) is 0 Å². The molecule has 1 aliphatic rings. The number of anilines is 1. The Morgan fingerprint density at radius 3 is 2.64 bits per heavy atom. The fraction of sp³-hybridized carbons (Fsp3) is 0.412. The highest BCUT2D eigenvalue weighted by molar-refractivity contribution is 6.06. The highest BCUT2D eigenvalue weighted by Crippen LogP contribution is 2.18. The Morgan fingerprint density at radius 1 is 1.36 bits per heavy atom. The number of ether oxygens (including phenoxy) is 1. The second-order valence-electron chi connectivity index (χ2n) is 5.78. The van der Waals surface area contributed by atoms with E-state index in [0.717, 1.165) is 11.3 Å². The van der Waals surface area contributed by atoms with Gasteiger partial charge in [0.25, 0.3) is 5.91 Å².